The highest BCUT2D eigenvalue weighted by molar-refractivity contribution is 5.91. The van der Waals surface area contributed by atoms with Crippen LogP contribution in [0.25, 0.3) is 16.8 Å². The molecule has 0 heterocycles. The molecule has 0 aliphatic carbocycles. The number of aryl methyl sites for hydroxylation is 1. The SMILES string of the molecule is C=Cc1c(C)ccc2ccccc12. The van der Waals surface area contributed by atoms with Crippen molar-refractivity contribution in [3.05, 3.63) is 54.1 Å². The normalized spacial score (nSPS) is 10.2. The summed E-state index contributed by atoms with van der Waals surface area (Å²) in [6.45, 7) is 5.96. The monoisotopic (exact) mass is 168 g/mol. The third kappa shape index (κ3) is 1.25. The van der Waals surface area contributed by atoms with E-state index >= 15 is 0 Å². The Morgan fingerprint density at radius 3 is 2.62 bits per heavy atom. The van der Waals surface area contributed by atoms with Crippen LogP contribution < -0.4 is 0 Å². The maximum absolute atomic E-state index is 3.84. The number of benzene rings is 2. The van der Waals surface area contributed by atoms with E-state index in [2.05, 4.69) is 49.9 Å². The van der Waals surface area contributed by atoms with Crippen molar-refractivity contribution in [3.8, 4) is 0 Å². The minimum absolute atomic E-state index is 1.25. The van der Waals surface area contributed by atoms with Crippen LogP contribution >= 0.6 is 0 Å². The van der Waals surface area contributed by atoms with Crippen molar-refractivity contribution < 1.29 is 0 Å². The molecule has 0 nitrogen and oxygen atoms in total. The van der Waals surface area contributed by atoms with E-state index in [0.29, 0.717) is 0 Å². The fraction of sp³-hybridized carbons (Fsp3) is 0.0769. The first-order chi connectivity index (χ1) is 6.33. The predicted molar refractivity (Wildman–Crippen MR) is 58.8 cm³/mol. The molecule has 0 bridgehead atoms. The zero-order valence-corrected chi connectivity index (χ0v) is 7.75. The first kappa shape index (κ1) is 8.06. The first-order valence-electron chi connectivity index (χ1n) is 4.43. The minimum Gasteiger partial charge on any atom is -0.0984 e. The van der Waals surface area contributed by atoms with Gasteiger partial charge in [-0.05, 0) is 28.8 Å². The Kier molecular flexibility index (Phi) is 1.90. The van der Waals surface area contributed by atoms with Gasteiger partial charge in [0.2, 0.25) is 0 Å². The van der Waals surface area contributed by atoms with Gasteiger partial charge in [-0.2, -0.15) is 0 Å². The summed E-state index contributed by atoms with van der Waals surface area (Å²) in [7, 11) is 0. The van der Waals surface area contributed by atoms with Gasteiger partial charge in [0.1, 0.15) is 0 Å². The zero-order valence-electron chi connectivity index (χ0n) is 7.75. The van der Waals surface area contributed by atoms with Crippen molar-refractivity contribution in [2.45, 2.75) is 6.92 Å². The molecule has 0 heteroatoms. The molecule has 0 spiro atoms. The molecule has 2 rings (SSSR count). The quantitative estimate of drug-likeness (QED) is 0.607. The number of fused-ring (bicyclic) bond motifs is 1. The summed E-state index contributed by atoms with van der Waals surface area (Å²) in [4.78, 5) is 0. The van der Waals surface area contributed by atoms with Gasteiger partial charge >= 0.3 is 0 Å². The maximum Gasteiger partial charge on any atom is -0.0109 e. The molecule has 13 heavy (non-hydrogen) atoms. The van der Waals surface area contributed by atoms with Gasteiger partial charge in [0.15, 0.2) is 0 Å². The van der Waals surface area contributed by atoms with Crippen molar-refractivity contribution >= 4 is 16.8 Å². The van der Waals surface area contributed by atoms with E-state index in [9.17, 15) is 0 Å². The molecule has 0 N–H and O–H groups in total. The van der Waals surface area contributed by atoms with Gasteiger partial charge in [0.05, 0.1) is 0 Å². The van der Waals surface area contributed by atoms with E-state index in [1.807, 2.05) is 6.08 Å². The molecule has 0 fully saturated rings. The molecule has 0 aliphatic rings. The highest BCUT2D eigenvalue weighted by Gasteiger charge is 1.99. The van der Waals surface area contributed by atoms with Crippen molar-refractivity contribution in [2.24, 2.45) is 0 Å². The first-order valence-corrected chi connectivity index (χ1v) is 4.43. The van der Waals surface area contributed by atoms with Crippen molar-refractivity contribution in [1.29, 1.82) is 0 Å². The van der Waals surface area contributed by atoms with Crippen LogP contribution in [0.5, 0.6) is 0 Å². The summed E-state index contributed by atoms with van der Waals surface area (Å²) in [5, 5.41) is 2.57. The highest BCUT2D eigenvalue weighted by Crippen LogP contribution is 2.22. The molecule has 0 saturated heterocycles. The van der Waals surface area contributed by atoms with E-state index in [-0.39, 0.29) is 0 Å². The van der Waals surface area contributed by atoms with Gasteiger partial charge in [-0.15, -0.1) is 0 Å². The lowest BCUT2D eigenvalue weighted by Crippen LogP contribution is -1.82. The van der Waals surface area contributed by atoms with Gasteiger partial charge in [0, 0.05) is 0 Å². The second-order valence-electron chi connectivity index (χ2n) is 3.22. The van der Waals surface area contributed by atoms with Crippen LogP contribution in [0.3, 0.4) is 0 Å². The average Bonchev–Trinajstić information content (AvgIpc) is 2.18. The number of hydrogen-bond donors (Lipinski definition) is 0. The molecule has 0 amide bonds. The molecule has 0 saturated carbocycles. The number of hydrogen-bond acceptors (Lipinski definition) is 0. The Morgan fingerprint density at radius 2 is 1.85 bits per heavy atom. The van der Waals surface area contributed by atoms with Crippen LogP contribution in [0, 0.1) is 6.92 Å². The summed E-state index contributed by atoms with van der Waals surface area (Å²) < 4.78 is 0. The third-order valence-corrected chi connectivity index (χ3v) is 2.39. The van der Waals surface area contributed by atoms with Crippen molar-refractivity contribution in [2.75, 3.05) is 0 Å². The molecule has 0 unspecified atom stereocenters. The van der Waals surface area contributed by atoms with Gasteiger partial charge in [0.25, 0.3) is 0 Å². The van der Waals surface area contributed by atoms with Crippen LogP contribution in [0.15, 0.2) is 43.0 Å². The Balaban J connectivity index is 2.91. The summed E-state index contributed by atoms with van der Waals surface area (Å²) in [6.07, 6.45) is 1.93. The highest BCUT2D eigenvalue weighted by atomic mass is 14.0. The Hall–Kier alpha value is -1.56. The largest absolute Gasteiger partial charge is 0.0984 e. The van der Waals surface area contributed by atoms with Gasteiger partial charge in [-0.3, -0.25) is 0 Å². The summed E-state index contributed by atoms with van der Waals surface area (Å²) in [5.74, 6) is 0. The van der Waals surface area contributed by atoms with Crippen molar-refractivity contribution in [1.82, 2.24) is 0 Å². The van der Waals surface area contributed by atoms with E-state index < -0.39 is 0 Å². The van der Waals surface area contributed by atoms with Crippen LogP contribution in [0.1, 0.15) is 11.1 Å². The number of rotatable bonds is 1. The molecule has 0 atom stereocenters. The second-order valence-corrected chi connectivity index (χ2v) is 3.22. The van der Waals surface area contributed by atoms with E-state index in [0.717, 1.165) is 0 Å². The Labute approximate surface area is 78.5 Å². The second kappa shape index (κ2) is 3.06. The minimum atomic E-state index is 1.25. The molecule has 2 aromatic rings. The maximum atomic E-state index is 3.84. The van der Waals surface area contributed by atoms with E-state index in [1.54, 1.807) is 0 Å². The van der Waals surface area contributed by atoms with Gasteiger partial charge in [-0.1, -0.05) is 49.1 Å². The van der Waals surface area contributed by atoms with Crippen LogP contribution in [0.2, 0.25) is 0 Å². The summed E-state index contributed by atoms with van der Waals surface area (Å²) >= 11 is 0. The van der Waals surface area contributed by atoms with Gasteiger partial charge in [-0.25, -0.2) is 0 Å². The van der Waals surface area contributed by atoms with E-state index in [1.165, 1.54) is 21.9 Å². The molecule has 2 aromatic carbocycles. The molecular formula is C13H12. The zero-order chi connectivity index (χ0) is 9.26. The lowest BCUT2D eigenvalue weighted by Gasteiger charge is -2.05. The average molecular weight is 168 g/mol. The fourth-order valence-electron chi connectivity index (χ4n) is 1.68. The van der Waals surface area contributed by atoms with Crippen LogP contribution in [-0.2, 0) is 0 Å². The van der Waals surface area contributed by atoms with Gasteiger partial charge < -0.3 is 0 Å². The summed E-state index contributed by atoms with van der Waals surface area (Å²) in [5.41, 5.74) is 2.53. The summed E-state index contributed by atoms with van der Waals surface area (Å²) in [6, 6.07) is 12.7. The third-order valence-electron chi connectivity index (χ3n) is 2.39. The van der Waals surface area contributed by atoms with E-state index in [4.69, 9.17) is 0 Å². The Bertz CT molecular complexity index is 453. The topological polar surface area (TPSA) is 0 Å². The molecular weight excluding hydrogens is 156 g/mol. The predicted octanol–water partition coefficient (Wildman–Crippen LogP) is 3.79. The fourth-order valence-corrected chi connectivity index (χ4v) is 1.68. The standard InChI is InChI=1S/C13H12/c1-3-12-10(2)8-9-11-6-4-5-7-13(11)12/h3-9H,1H2,2H3. The molecule has 0 aliphatic heterocycles. The molecule has 64 valence electrons. The molecule has 0 aromatic heterocycles. The smallest absolute Gasteiger partial charge is 0.0109 e. The van der Waals surface area contributed by atoms with Crippen LogP contribution in [-0.4, -0.2) is 0 Å². The molecule has 0 radical (unpaired) electrons. The Morgan fingerprint density at radius 1 is 1.08 bits per heavy atom. The lowest BCUT2D eigenvalue weighted by atomic mass is 10.00. The van der Waals surface area contributed by atoms with Crippen LogP contribution in [0.4, 0.5) is 0 Å². The van der Waals surface area contributed by atoms with Crippen molar-refractivity contribution in [3.63, 3.8) is 0 Å². The lowest BCUT2D eigenvalue weighted by molar-refractivity contribution is 1.48.